The maximum Gasteiger partial charge on any atom is 0.469 e. The first-order valence-corrected chi connectivity index (χ1v) is 24.1. The monoisotopic (exact) mass is 823 g/mol. The minimum Gasteiger partial charge on any atom is -0.462 e. The second kappa shape index (κ2) is 40.5. The first-order chi connectivity index (χ1) is 27.5. The number of ether oxygens (including phenoxy) is 2. The molecular formula is C47H83O9P. The summed E-state index contributed by atoms with van der Waals surface area (Å²) in [6, 6.07) is 0. The van der Waals surface area contributed by atoms with E-state index in [1.54, 1.807) is 12.2 Å². The Hall–Kier alpha value is -2.29. The molecule has 0 aromatic carbocycles. The van der Waals surface area contributed by atoms with Gasteiger partial charge in [-0.15, -0.1) is 0 Å². The molecule has 9 nitrogen and oxygen atoms in total. The zero-order chi connectivity index (χ0) is 42.1. The summed E-state index contributed by atoms with van der Waals surface area (Å²) in [4.78, 5) is 43.0. The van der Waals surface area contributed by atoms with Gasteiger partial charge in [-0.2, -0.15) is 0 Å². The number of carbonyl (C=O) groups is 2. The average Bonchev–Trinajstić information content (AvgIpc) is 3.16. The smallest absolute Gasteiger partial charge is 0.462 e. The summed E-state index contributed by atoms with van der Waals surface area (Å²) in [6.07, 6.45) is 47.0. The van der Waals surface area contributed by atoms with Crippen LogP contribution in [-0.4, -0.2) is 52.3 Å². The lowest BCUT2D eigenvalue weighted by Gasteiger charge is -2.18. The van der Waals surface area contributed by atoms with E-state index in [-0.39, 0.29) is 19.4 Å². The van der Waals surface area contributed by atoms with E-state index in [9.17, 15) is 19.3 Å². The van der Waals surface area contributed by atoms with Crippen LogP contribution in [-0.2, 0) is 28.2 Å². The van der Waals surface area contributed by atoms with Crippen LogP contribution in [0.5, 0.6) is 0 Å². The van der Waals surface area contributed by atoms with Crippen molar-refractivity contribution in [3.63, 3.8) is 0 Å². The number of unbranched alkanes of at least 4 members (excludes halogenated alkanes) is 17. The second-order valence-electron chi connectivity index (χ2n) is 15.7. The molecule has 10 heteroatoms. The third-order valence-corrected chi connectivity index (χ3v) is 10.1. The molecule has 0 aromatic rings. The third kappa shape index (κ3) is 44.7. The van der Waals surface area contributed by atoms with Crippen LogP contribution in [0.1, 0.15) is 194 Å². The zero-order valence-electron chi connectivity index (χ0n) is 36.2. The molecule has 0 aliphatic rings. The summed E-state index contributed by atoms with van der Waals surface area (Å²) < 4.78 is 26.3. The van der Waals surface area contributed by atoms with Gasteiger partial charge in [0.15, 0.2) is 6.10 Å². The summed E-state index contributed by atoms with van der Waals surface area (Å²) in [5.41, 5.74) is 0. The van der Waals surface area contributed by atoms with Crippen LogP contribution in [0.25, 0.3) is 0 Å². The topological polar surface area (TPSA) is 140 Å². The van der Waals surface area contributed by atoms with Gasteiger partial charge < -0.3 is 24.4 Å². The van der Waals surface area contributed by atoms with Crippen molar-refractivity contribution in [1.82, 2.24) is 0 Å². The molecule has 0 spiro atoms. The number of carbonyl (C=O) groups excluding carboxylic acids is 2. The van der Waals surface area contributed by atoms with Crippen molar-refractivity contribution in [2.45, 2.75) is 206 Å². The number of hydrogen-bond acceptors (Lipinski definition) is 7. The van der Waals surface area contributed by atoms with Gasteiger partial charge in [0, 0.05) is 12.8 Å². The van der Waals surface area contributed by atoms with Gasteiger partial charge >= 0.3 is 19.8 Å². The van der Waals surface area contributed by atoms with E-state index in [0.717, 1.165) is 50.9 Å². The Kier molecular flexibility index (Phi) is 38.9. The van der Waals surface area contributed by atoms with Crippen LogP contribution in [0.15, 0.2) is 60.8 Å². The molecule has 1 unspecified atom stereocenters. The number of esters is 2. The summed E-state index contributed by atoms with van der Waals surface area (Å²) in [7, 11) is -4.80. The van der Waals surface area contributed by atoms with Crippen molar-refractivity contribution in [2.75, 3.05) is 13.2 Å². The van der Waals surface area contributed by atoms with Crippen molar-refractivity contribution in [3.05, 3.63) is 60.8 Å². The van der Waals surface area contributed by atoms with Crippen LogP contribution in [0, 0.1) is 5.92 Å². The first kappa shape index (κ1) is 54.7. The Morgan fingerprint density at radius 1 is 0.561 bits per heavy atom. The van der Waals surface area contributed by atoms with Gasteiger partial charge in [0.05, 0.1) is 12.7 Å². The predicted octanol–water partition coefficient (Wildman–Crippen LogP) is 12.9. The molecule has 0 saturated carbocycles. The van der Waals surface area contributed by atoms with Crippen LogP contribution >= 0.6 is 7.82 Å². The van der Waals surface area contributed by atoms with E-state index in [0.29, 0.717) is 19.3 Å². The Bertz CT molecular complexity index is 1140. The number of rotatable bonds is 40. The SMILES string of the molecule is CC/C=C\C/C=C\C/C=C\C/C=C\C=C\C(O)CCCC(=O)OC[C@H](COP(=O)(O)O)OC(=O)CCCCCCCCCCCCCCCCCCCCC(C)C. The average molecular weight is 823 g/mol. The van der Waals surface area contributed by atoms with Crippen LogP contribution in [0.4, 0.5) is 0 Å². The van der Waals surface area contributed by atoms with E-state index >= 15 is 0 Å². The minimum atomic E-state index is -4.80. The first-order valence-electron chi connectivity index (χ1n) is 22.5. The van der Waals surface area contributed by atoms with Gasteiger partial charge in [0.25, 0.3) is 0 Å². The standard InChI is InChI=1S/C47H83O9P/c1-4-5-6-7-8-9-10-17-21-24-27-30-33-37-44(48)38-35-40-46(49)54-41-45(42-55-57(51,52)53)56-47(50)39-34-31-28-25-22-19-16-14-12-11-13-15-18-20-23-26-29-32-36-43(2)3/h5-6,8-9,17,21,27,30,33,37,43-45,48H,4,7,10-16,18-20,22-26,28-29,31-32,34-36,38-42H2,1-3H3,(H2,51,52,53)/b6-5-,9-8-,21-17-,30-27-,37-33+/t44?,45-/m1/s1. The van der Waals surface area contributed by atoms with E-state index in [1.165, 1.54) is 96.3 Å². The molecule has 0 aliphatic carbocycles. The number of phosphoric ester groups is 1. The van der Waals surface area contributed by atoms with Crippen LogP contribution in [0.2, 0.25) is 0 Å². The maximum absolute atomic E-state index is 12.4. The quantitative estimate of drug-likeness (QED) is 0.0181. The summed E-state index contributed by atoms with van der Waals surface area (Å²) >= 11 is 0. The molecule has 0 amide bonds. The van der Waals surface area contributed by atoms with Crippen LogP contribution in [0.3, 0.4) is 0 Å². The van der Waals surface area contributed by atoms with E-state index in [1.807, 2.05) is 12.2 Å². The molecule has 0 aromatic heterocycles. The highest BCUT2D eigenvalue weighted by Gasteiger charge is 2.23. The number of allylic oxidation sites excluding steroid dienone is 9. The lowest BCUT2D eigenvalue weighted by molar-refractivity contribution is -0.161. The largest absolute Gasteiger partial charge is 0.469 e. The summed E-state index contributed by atoms with van der Waals surface area (Å²) in [6.45, 7) is 5.77. The van der Waals surface area contributed by atoms with Crippen molar-refractivity contribution in [2.24, 2.45) is 5.92 Å². The third-order valence-electron chi connectivity index (χ3n) is 9.58. The van der Waals surface area contributed by atoms with Crippen molar-refractivity contribution >= 4 is 19.8 Å². The van der Waals surface area contributed by atoms with Gasteiger partial charge in [-0.25, -0.2) is 4.57 Å². The van der Waals surface area contributed by atoms with Crippen molar-refractivity contribution in [3.8, 4) is 0 Å². The molecule has 0 saturated heterocycles. The van der Waals surface area contributed by atoms with Gasteiger partial charge in [-0.3, -0.25) is 14.1 Å². The predicted molar refractivity (Wildman–Crippen MR) is 236 cm³/mol. The fraction of sp³-hybridized carbons (Fsp3) is 0.745. The Morgan fingerprint density at radius 3 is 1.51 bits per heavy atom. The van der Waals surface area contributed by atoms with E-state index < -0.39 is 38.6 Å². The Labute approximate surface area is 348 Å². The zero-order valence-corrected chi connectivity index (χ0v) is 37.1. The van der Waals surface area contributed by atoms with Gasteiger partial charge in [0.1, 0.15) is 6.61 Å². The maximum atomic E-state index is 12.4. The number of aliphatic hydroxyl groups is 1. The fourth-order valence-electron chi connectivity index (χ4n) is 6.23. The Balaban J connectivity index is 4.02. The lowest BCUT2D eigenvalue weighted by Crippen LogP contribution is -2.29. The van der Waals surface area contributed by atoms with E-state index in [2.05, 4.69) is 61.8 Å². The number of phosphoric acid groups is 1. The molecule has 0 bridgehead atoms. The molecular weight excluding hydrogens is 739 g/mol. The molecule has 2 atom stereocenters. The lowest BCUT2D eigenvalue weighted by atomic mass is 10.0. The molecule has 57 heavy (non-hydrogen) atoms. The van der Waals surface area contributed by atoms with Crippen molar-refractivity contribution in [1.29, 1.82) is 0 Å². The van der Waals surface area contributed by atoms with Gasteiger partial charge in [0.2, 0.25) is 0 Å². The number of aliphatic hydroxyl groups excluding tert-OH is 1. The van der Waals surface area contributed by atoms with Gasteiger partial charge in [-0.05, 0) is 50.9 Å². The Morgan fingerprint density at radius 2 is 1.02 bits per heavy atom. The fourth-order valence-corrected chi connectivity index (χ4v) is 6.59. The number of hydrogen-bond donors (Lipinski definition) is 3. The molecule has 0 radical (unpaired) electrons. The molecule has 330 valence electrons. The normalized spacial score (nSPS) is 13.7. The molecule has 3 N–H and O–H groups in total. The van der Waals surface area contributed by atoms with Crippen LogP contribution < -0.4 is 0 Å². The van der Waals surface area contributed by atoms with E-state index in [4.69, 9.17) is 19.3 Å². The molecule has 0 fully saturated rings. The second-order valence-corrected chi connectivity index (χ2v) is 16.9. The highest BCUT2D eigenvalue weighted by Crippen LogP contribution is 2.36. The highest BCUT2D eigenvalue weighted by molar-refractivity contribution is 7.46. The summed E-state index contributed by atoms with van der Waals surface area (Å²) in [5.74, 6) is -0.245. The minimum absolute atomic E-state index is 0.0356. The van der Waals surface area contributed by atoms with Crippen molar-refractivity contribution < 1.29 is 43.0 Å². The molecule has 0 aliphatic heterocycles. The molecule has 0 heterocycles. The molecule has 0 rings (SSSR count). The summed E-state index contributed by atoms with van der Waals surface area (Å²) in [5, 5.41) is 10.2. The highest BCUT2D eigenvalue weighted by atomic mass is 31.2. The van der Waals surface area contributed by atoms with Gasteiger partial charge in [-0.1, -0.05) is 197 Å².